The minimum atomic E-state index is -0.107. The van der Waals surface area contributed by atoms with Crippen molar-refractivity contribution in [3.8, 4) is 0 Å². The second-order valence-electron chi connectivity index (χ2n) is 6.92. The third kappa shape index (κ3) is 2.79. The van der Waals surface area contributed by atoms with E-state index in [2.05, 4.69) is 23.8 Å². The van der Waals surface area contributed by atoms with Gasteiger partial charge < -0.3 is 14.5 Å². The molecule has 26 heavy (non-hydrogen) atoms. The van der Waals surface area contributed by atoms with Crippen molar-refractivity contribution in [3.63, 3.8) is 0 Å². The number of hydrogen-bond acceptors (Lipinski definition) is 4. The van der Waals surface area contributed by atoms with E-state index in [1.165, 1.54) is 6.33 Å². The molecule has 7 heteroatoms. The first-order valence-corrected chi connectivity index (χ1v) is 8.83. The molecule has 0 fully saturated rings. The molecule has 1 N–H and O–H groups in total. The molecule has 0 unspecified atom stereocenters. The van der Waals surface area contributed by atoms with Gasteiger partial charge >= 0.3 is 0 Å². The molecule has 3 aromatic rings. The number of aromatic nitrogens is 4. The zero-order valence-electron chi connectivity index (χ0n) is 14.9. The number of H-pyrrole nitrogens is 1. The van der Waals surface area contributed by atoms with Gasteiger partial charge in [-0.1, -0.05) is 26.0 Å². The van der Waals surface area contributed by atoms with Crippen LogP contribution in [0, 0.1) is 0 Å². The van der Waals surface area contributed by atoms with Gasteiger partial charge in [-0.05, 0) is 18.6 Å². The third-order valence-corrected chi connectivity index (χ3v) is 4.86. The van der Waals surface area contributed by atoms with Gasteiger partial charge in [0.25, 0.3) is 5.56 Å². The first-order chi connectivity index (χ1) is 12.5. The minimum absolute atomic E-state index is 0.0165. The number of fused-ring (bicyclic) bond motifs is 2. The largest absolute Gasteiger partial charge is 0.335 e. The summed E-state index contributed by atoms with van der Waals surface area (Å²) in [6.45, 7) is 5.31. The van der Waals surface area contributed by atoms with Crippen LogP contribution in [0.2, 0.25) is 0 Å². The number of carbonyl (C=O) groups is 1. The fourth-order valence-corrected chi connectivity index (χ4v) is 3.51. The molecule has 2 aromatic heterocycles. The molecule has 0 atom stereocenters. The second-order valence-corrected chi connectivity index (χ2v) is 6.92. The zero-order valence-corrected chi connectivity index (χ0v) is 14.9. The van der Waals surface area contributed by atoms with Crippen LogP contribution in [-0.2, 0) is 24.3 Å². The van der Waals surface area contributed by atoms with E-state index in [-0.39, 0.29) is 23.9 Å². The maximum Gasteiger partial charge on any atom is 0.254 e. The molecule has 1 aliphatic heterocycles. The van der Waals surface area contributed by atoms with E-state index in [1.807, 2.05) is 28.8 Å². The van der Waals surface area contributed by atoms with E-state index in [1.54, 1.807) is 4.90 Å². The Kier molecular flexibility index (Phi) is 4.06. The number of hydrogen-bond donors (Lipinski definition) is 1. The van der Waals surface area contributed by atoms with Crippen molar-refractivity contribution >= 4 is 16.9 Å². The number of nitrogens with zero attached hydrogens (tertiary/aromatic N) is 4. The predicted octanol–water partition coefficient (Wildman–Crippen LogP) is 1.83. The maximum atomic E-state index is 12.9. The monoisotopic (exact) mass is 351 g/mol. The van der Waals surface area contributed by atoms with E-state index in [0.29, 0.717) is 30.8 Å². The lowest BCUT2D eigenvalue weighted by atomic mass is 10.1. The van der Waals surface area contributed by atoms with Crippen molar-refractivity contribution in [1.29, 1.82) is 0 Å². The van der Waals surface area contributed by atoms with Crippen molar-refractivity contribution in [2.24, 2.45) is 0 Å². The molecule has 134 valence electrons. The molecule has 7 nitrogen and oxygen atoms in total. The SMILES string of the molecule is CC(C)c1nc2ccccc2n1CC(=O)N1CCc2c(nc[nH]c2=O)C1. The average molecular weight is 351 g/mol. The number of nitrogens with one attached hydrogen (secondary N) is 1. The van der Waals surface area contributed by atoms with Crippen LogP contribution in [0.1, 0.15) is 36.8 Å². The summed E-state index contributed by atoms with van der Waals surface area (Å²) in [6, 6.07) is 7.88. The molecule has 1 aliphatic rings. The van der Waals surface area contributed by atoms with E-state index in [9.17, 15) is 9.59 Å². The Labute approximate surface area is 150 Å². The zero-order chi connectivity index (χ0) is 18.3. The van der Waals surface area contributed by atoms with Gasteiger partial charge in [0, 0.05) is 18.0 Å². The molecule has 3 heterocycles. The van der Waals surface area contributed by atoms with Gasteiger partial charge in [-0.25, -0.2) is 9.97 Å². The Hall–Kier alpha value is -2.96. The lowest BCUT2D eigenvalue weighted by Gasteiger charge is -2.28. The van der Waals surface area contributed by atoms with Crippen LogP contribution in [0.15, 0.2) is 35.4 Å². The highest BCUT2D eigenvalue weighted by Crippen LogP contribution is 2.22. The summed E-state index contributed by atoms with van der Waals surface area (Å²) < 4.78 is 2.00. The van der Waals surface area contributed by atoms with Crippen LogP contribution < -0.4 is 5.56 Å². The van der Waals surface area contributed by atoms with Gasteiger partial charge in [0.05, 0.1) is 29.6 Å². The summed E-state index contributed by atoms with van der Waals surface area (Å²) >= 11 is 0. The highest BCUT2D eigenvalue weighted by molar-refractivity contribution is 5.81. The molecule has 4 rings (SSSR count). The van der Waals surface area contributed by atoms with Crippen molar-refractivity contribution < 1.29 is 4.79 Å². The van der Waals surface area contributed by atoms with Crippen molar-refractivity contribution in [3.05, 3.63) is 58.0 Å². The number of para-hydroxylation sites is 2. The molecule has 1 amide bonds. The van der Waals surface area contributed by atoms with Gasteiger partial charge in [0.2, 0.25) is 5.91 Å². The number of aromatic amines is 1. The summed E-state index contributed by atoms with van der Waals surface area (Å²) in [5.41, 5.74) is 3.14. The fourth-order valence-electron chi connectivity index (χ4n) is 3.51. The summed E-state index contributed by atoms with van der Waals surface area (Å²) in [5.74, 6) is 1.15. The minimum Gasteiger partial charge on any atom is -0.335 e. The molecular formula is C19H21N5O2. The lowest BCUT2D eigenvalue weighted by Crippen LogP contribution is -2.40. The number of benzene rings is 1. The molecule has 0 saturated carbocycles. The van der Waals surface area contributed by atoms with Gasteiger partial charge in [0.1, 0.15) is 12.4 Å². The number of carbonyl (C=O) groups excluding carboxylic acids is 1. The summed E-state index contributed by atoms with van der Waals surface area (Å²) in [7, 11) is 0. The third-order valence-electron chi connectivity index (χ3n) is 4.86. The van der Waals surface area contributed by atoms with E-state index in [4.69, 9.17) is 4.98 Å². The fraction of sp³-hybridized carbons (Fsp3) is 0.368. The average Bonchev–Trinajstić information content (AvgIpc) is 3.00. The number of imidazole rings is 1. The number of amides is 1. The van der Waals surface area contributed by atoms with Crippen LogP contribution in [0.25, 0.3) is 11.0 Å². The molecule has 0 aliphatic carbocycles. The molecule has 0 saturated heterocycles. The maximum absolute atomic E-state index is 12.9. The van der Waals surface area contributed by atoms with Crippen molar-refractivity contribution in [2.75, 3.05) is 6.54 Å². The standard InChI is InChI=1S/C19H21N5O2/c1-12(2)18-22-14-5-3-4-6-16(14)24(18)10-17(25)23-8-7-13-15(9-23)20-11-21-19(13)26/h3-6,11-12H,7-10H2,1-2H3,(H,20,21,26). The van der Waals surface area contributed by atoms with Crippen LogP contribution in [-0.4, -0.2) is 36.9 Å². The van der Waals surface area contributed by atoms with E-state index >= 15 is 0 Å². The summed E-state index contributed by atoms with van der Waals surface area (Å²) in [6.07, 6.45) is 1.93. The van der Waals surface area contributed by atoms with Gasteiger partial charge in [0.15, 0.2) is 0 Å². The Bertz CT molecular complexity index is 1030. The van der Waals surface area contributed by atoms with Crippen molar-refractivity contribution in [2.45, 2.75) is 39.3 Å². The second kappa shape index (κ2) is 6.40. The van der Waals surface area contributed by atoms with Crippen LogP contribution in [0.3, 0.4) is 0 Å². The Morgan fingerprint density at radius 3 is 2.92 bits per heavy atom. The Morgan fingerprint density at radius 1 is 1.31 bits per heavy atom. The van der Waals surface area contributed by atoms with Crippen molar-refractivity contribution in [1.82, 2.24) is 24.4 Å². The molecule has 1 aromatic carbocycles. The van der Waals surface area contributed by atoms with E-state index in [0.717, 1.165) is 16.9 Å². The first-order valence-electron chi connectivity index (χ1n) is 8.83. The highest BCUT2D eigenvalue weighted by atomic mass is 16.2. The summed E-state index contributed by atoms with van der Waals surface area (Å²) in [5, 5.41) is 0. The molecule has 0 spiro atoms. The number of rotatable bonds is 3. The smallest absolute Gasteiger partial charge is 0.254 e. The topological polar surface area (TPSA) is 83.9 Å². The van der Waals surface area contributed by atoms with Gasteiger partial charge in [-0.2, -0.15) is 0 Å². The highest BCUT2D eigenvalue weighted by Gasteiger charge is 2.25. The van der Waals surface area contributed by atoms with Crippen LogP contribution >= 0.6 is 0 Å². The van der Waals surface area contributed by atoms with Crippen LogP contribution in [0.4, 0.5) is 0 Å². The molecule has 0 bridgehead atoms. The normalized spacial score (nSPS) is 14.0. The lowest BCUT2D eigenvalue weighted by molar-refractivity contribution is -0.132. The summed E-state index contributed by atoms with van der Waals surface area (Å²) in [4.78, 5) is 38.1. The first kappa shape index (κ1) is 16.5. The van der Waals surface area contributed by atoms with Gasteiger partial charge in [-0.15, -0.1) is 0 Å². The quantitative estimate of drug-likeness (QED) is 0.780. The van der Waals surface area contributed by atoms with Gasteiger partial charge in [-0.3, -0.25) is 9.59 Å². The molecular weight excluding hydrogens is 330 g/mol. The van der Waals surface area contributed by atoms with E-state index < -0.39 is 0 Å². The van der Waals surface area contributed by atoms with Crippen LogP contribution in [0.5, 0.6) is 0 Å². The molecule has 0 radical (unpaired) electrons. The predicted molar refractivity (Wildman–Crippen MR) is 97.8 cm³/mol. The Balaban J connectivity index is 1.62. The Morgan fingerprint density at radius 2 is 2.12 bits per heavy atom.